The average molecular weight is 445 g/mol. The number of halogens is 1. The number of rotatable bonds is 4. The summed E-state index contributed by atoms with van der Waals surface area (Å²) in [6.45, 7) is 2.50. The average Bonchev–Trinajstić information content (AvgIpc) is 3.21. The van der Waals surface area contributed by atoms with Gasteiger partial charge in [0.25, 0.3) is 11.1 Å². The molecule has 0 amide bonds. The molecule has 30 heavy (non-hydrogen) atoms. The summed E-state index contributed by atoms with van der Waals surface area (Å²) in [5, 5.41) is 9.20. The molecule has 0 aliphatic carbocycles. The van der Waals surface area contributed by atoms with Crippen LogP contribution < -0.4 is 10.5 Å². The molecule has 152 valence electrons. The lowest BCUT2D eigenvalue weighted by Gasteiger charge is -2.26. The number of aromatic nitrogens is 5. The second kappa shape index (κ2) is 8.01. The van der Waals surface area contributed by atoms with Gasteiger partial charge in [0.1, 0.15) is 11.1 Å². The summed E-state index contributed by atoms with van der Waals surface area (Å²) in [4.78, 5) is 26.9. The van der Waals surface area contributed by atoms with Crippen molar-refractivity contribution in [2.24, 2.45) is 0 Å². The van der Waals surface area contributed by atoms with E-state index in [4.69, 9.17) is 25.2 Å². The summed E-state index contributed by atoms with van der Waals surface area (Å²) in [6, 6.07) is 8.83. The predicted molar refractivity (Wildman–Crippen MR) is 108 cm³/mol. The Kier molecular flexibility index (Phi) is 5.07. The van der Waals surface area contributed by atoms with Gasteiger partial charge >= 0.3 is 5.63 Å². The minimum atomic E-state index is -0.563. The molecule has 0 spiro atoms. The van der Waals surface area contributed by atoms with E-state index in [1.54, 1.807) is 18.2 Å². The zero-order valence-corrected chi connectivity index (χ0v) is 16.9. The fraction of sp³-hybridized carbons (Fsp3) is 0.222. The fourth-order valence-electron chi connectivity index (χ4n) is 2.92. The molecule has 0 atom stereocenters. The maximum absolute atomic E-state index is 12.3. The predicted octanol–water partition coefficient (Wildman–Crippen LogP) is 2.67. The molecule has 0 N–H and O–H groups in total. The van der Waals surface area contributed by atoms with Crippen molar-refractivity contribution in [3.8, 4) is 11.5 Å². The van der Waals surface area contributed by atoms with Crippen LogP contribution in [0.5, 0.6) is 0 Å². The lowest BCUT2D eigenvalue weighted by molar-refractivity contribution is 0.122. The number of hydrogen-bond acceptors (Lipinski definition) is 11. The third-order valence-electron chi connectivity index (χ3n) is 4.33. The minimum absolute atomic E-state index is 0.0468. The van der Waals surface area contributed by atoms with E-state index in [0.717, 1.165) is 17.1 Å². The molecule has 3 aromatic heterocycles. The molecule has 5 rings (SSSR count). The van der Waals surface area contributed by atoms with Gasteiger partial charge in [-0.25, -0.2) is 4.79 Å². The number of nitrogens with zero attached hydrogens (tertiary/aromatic N) is 6. The van der Waals surface area contributed by atoms with Gasteiger partial charge in [-0.2, -0.15) is 15.0 Å². The van der Waals surface area contributed by atoms with Crippen molar-refractivity contribution in [1.82, 2.24) is 25.1 Å². The standard InChI is InChI=1S/C18H13ClN6O4S/c19-15-20-16(25-5-7-27-8-6-25)22-17(21-15)30-18-24-23-13(29-18)11-9-10-3-1-2-4-12(10)28-14(11)26/h1-4,9H,5-8H2. The maximum atomic E-state index is 12.3. The number of anilines is 1. The molecule has 10 nitrogen and oxygen atoms in total. The van der Waals surface area contributed by atoms with Gasteiger partial charge in [-0.05, 0) is 23.7 Å². The number of fused-ring (bicyclic) bond motifs is 1. The SMILES string of the molecule is O=c1oc2ccccc2cc1-c1nnc(Sc2nc(Cl)nc(N3CCOCC3)n2)o1. The number of morpholine rings is 1. The second-order valence-corrected chi connectivity index (χ2v) is 7.50. The van der Waals surface area contributed by atoms with E-state index in [2.05, 4.69) is 25.1 Å². The van der Waals surface area contributed by atoms with Crippen LogP contribution in [0.2, 0.25) is 5.28 Å². The molecule has 0 bridgehead atoms. The first-order valence-electron chi connectivity index (χ1n) is 8.94. The molecule has 0 unspecified atom stereocenters. The smallest absolute Gasteiger partial charge is 0.349 e. The van der Waals surface area contributed by atoms with E-state index in [0.29, 0.717) is 43.0 Å². The van der Waals surface area contributed by atoms with Gasteiger partial charge in [-0.3, -0.25) is 0 Å². The highest BCUT2D eigenvalue weighted by Gasteiger charge is 2.19. The van der Waals surface area contributed by atoms with Crippen LogP contribution >= 0.6 is 23.4 Å². The van der Waals surface area contributed by atoms with Gasteiger partial charge < -0.3 is 18.5 Å². The molecule has 0 radical (unpaired) electrons. The first-order chi connectivity index (χ1) is 14.7. The van der Waals surface area contributed by atoms with Crippen molar-refractivity contribution in [1.29, 1.82) is 0 Å². The third kappa shape index (κ3) is 3.86. The summed E-state index contributed by atoms with van der Waals surface area (Å²) in [5.41, 5.74) is 0.0956. The lowest BCUT2D eigenvalue weighted by atomic mass is 10.2. The van der Waals surface area contributed by atoms with E-state index >= 15 is 0 Å². The van der Waals surface area contributed by atoms with Crippen LogP contribution in [0, 0.1) is 0 Å². The van der Waals surface area contributed by atoms with E-state index < -0.39 is 5.63 Å². The molecule has 1 saturated heterocycles. The topological polar surface area (TPSA) is 120 Å². The van der Waals surface area contributed by atoms with Crippen molar-refractivity contribution >= 4 is 40.3 Å². The van der Waals surface area contributed by atoms with Crippen LogP contribution in [0.15, 0.2) is 54.3 Å². The van der Waals surface area contributed by atoms with Crippen LogP contribution in [-0.2, 0) is 4.74 Å². The molecule has 0 saturated carbocycles. The Bertz CT molecular complexity index is 1270. The second-order valence-electron chi connectivity index (χ2n) is 6.25. The molecule has 4 aromatic rings. The van der Waals surface area contributed by atoms with Crippen LogP contribution in [0.1, 0.15) is 0 Å². The minimum Gasteiger partial charge on any atom is -0.422 e. The Hall–Kier alpha value is -3.02. The first kappa shape index (κ1) is 19.0. The highest BCUT2D eigenvalue weighted by Crippen LogP contribution is 2.28. The molecule has 4 heterocycles. The molecular weight excluding hydrogens is 432 g/mol. The van der Waals surface area contributed by atoms with Gasteiger partial charge in [0.2, 0.25) is 16.4 Å². The molecule has 1 fully saturated rings. The number of para-hydroxylation sites is 1. The Morgan fingerprint density at radius 1 is 1.03 bits per heavy atom. The van der Waals surface area contributed by atoms with E-state index in [9.17, 15) is 4.79 Å². The van der Waals surface area contributed by atoms with Crippen LogP contribution in [0.25, 0.3) is 22.4 Å². The molecule has 1 aliphatic heterocycles. The van der Waals surface area contributed by atoms with Gasteiger partial charge in [0.05, 0.1) is 13.2 Å². The van der Waals surface area contributed by atoms with Crippen molar-refractivity contribution in [2.75, 3.05) is 31.2 Å². The molecule has 1 aromatic carbocycles. The first-order valence-corrected chi connectivity index (χ1v) is 10.1. The fourth-order valence-corrected chi connectivity index (χ4v) is 3.74. The van der Waals surface area contributed by atoms with E-state index in [1.807, 2.05) is 17.0 Å². The largest absolute Gasteiger partial charge is 0.422 e. The van der Waals surface area contributed by atoms with Gasteiger partial charge in [-0.1, -0.05) is 18.2 Å². The maximum Gasteiger partial charge on any atom is 0.349 e. The quantitative estimate of drug-likeness (QED) is 0.432. The Morgan fingerprint density at radius 2 is 1.87 bits per heavy atom. The normalized spacial score (nSPS) is 14.4. The number of ether oxygens (including phenoxy) is 1. The number of benzene rings is 1. The van der Waals surface area contributed by atoms with Crippen LogP contribution in [-0.4, -0.2) is 51.5 Å². The third-order valence-corrected chi connectivity index (χ3v) is 5.20. The highest BCUT2D eigenvalue weighted by atomic mass is 35.5. The summed E-state index contributed by atoms with van der Waals surface area (Å²) < 4.78 is 16.3. The molecule has 12 heteroatoms. The van der Waals surface area contributed by atoms with Crippen molar-refractivity contribution in [3.63, 3.8) is 0 Å². The highest BCUT2D eigenvalue weighted by molar-refractivity contribution is 7.98. The van der Waals surface area contributed by atoms with Crippen LogP contribution in [0.3, 0.4) is 0 Å². The van der Waals surface area contributed by atoms with E-state index in [1.165, 1.54) is 0 Å². The van der Waals surface area contributed by atoms with Gasteiger partial charge in [-0.15, -0.1) is 10.2 Å². The zero-order valence-electron chi connectivity index (χ0n) is 15.3. The van der Waals surface area contributed by atoms with Gasteiger partial charge in [0, 0.05) is 30.2 Å². The Morgan fingerprint density at radius 3 is 2.73 bits per heavy atom. The summed E-state index contributed by atoms with van der Waals surface area (Å²) in [7, 11) is 0. The van der Waals surface area contributed by atoms with E-state index in [-0.39, 0.29) is 22.0 Å². The summed E-state index contributed by atoms with van der Waals surface area (Å²) in [5.74, 6) is 0.501. The van der Waals surface area contributed by atoms with Crippen molar-refractivity contribution in [2.45, 2.75) is 10.4 Å². The lowest BCUT2D eigenvalue weighted by Crippen LogP contribution is -2.37. The number of hydrogen-bond donors (Lipinski definition) is 0. The zero-order chi connectivity index (χ0) is 20.5. The monoisotopic (exact) mass is 444 g/mol. The molecule has 1 aliphatic rings. The van der Waals surface area contributed by atoms with Crippen molar-refractivity contribution in [3.05, 3.63) is 46.0 Å². The summed E-state index contributed by atoms with van der Waals surface area (Å²) >= 11 is 7.09. The van der Waals surface area contributed by atoms with Crippen molar-refractivity contribution < 1.29 is 13.6 Å². The van der Waals surface area contributed by atoms with Gasteiger partial charge in [0.15, 0.2) is 0 Å². The van der Waals surface area contributed by atoms with Crippen LogP contribution in [0.4, 0.5) is 5.95 Å². The Labute approximate surface area is 178 Å². The molecular formula is C18H13ClN6O4S. The Balaban J connectivity index is 1.42. The summed E-state index contributed by atoms with van der Waals surface area (Å²) in [6.07, 6.45) is 0.